The summed E-state index contributed by atoms with van der Waals surface area (Å²) in [5, 5.41) is 4.04. The fraction of sp³-hybridized carbons (Fsp3) is 0.100. The van der Waals surface area contributed by atoms with Crippen LogP contribution in [0.5, 0.6) is 0 Å². The summed E-state index contributed by atoms with van der Waals surface area (Å²) in [6, 6.07) is 5.62. The Morgan fingerprint density at radius 1 is 1.29 bits per heavy atom. The van der Waals surface area contributed by atoms with E-state index in [1.54, 1.807) is 17.4 Å². The van der Waals surface area contributed by atoms with Crippen LogP contribution in [-0.4, -0.2) is 4.98 Å². The predicted octanol–water partition coefficient (Wildman–Crippen LogP) is 3.84. The SMILES string of the molecule is Clc1ccc(Cc2n[c]cs2)cc1Cl. The van der Waals surface area contributed by atoms with Crippen LogP contribution in [0.2, 0.25) is 10.0 Å². The first-order valence-corrected chi connectivity index (χ1v) is 5.63. The van der Waals surface area contributed by atoms with Gasteiger partial charge in [0.1, 0.15) is 6.20 Å². The van der Waals surface area contributed by atoms with Gasteiger partial charge in [0.05, 0.1) is 15.1 Å². The van der Waals surface area contributed by atoms with Gasteiger partial charge in [0.25, 0.3) is 0 Å². The van der Waals surface area contributed by atoms with Crippen molar-refractivity contribution in [2.45, 2.75) is 6.42 Å². The van der Waals surface area contributed by atoms with Crippen LogP contribution in [0.25, 0.3) is 0 Å². The molecule has 0 fully saturated rings. The number of nitrogens with zero attached hydrogens (tertiary/aromatic N) is 1. The quantitative estimate of drug-likeness (QED) is 0.780. The van der Waals surface area contributed by atoms with E-state index >= 15 is 0 Å². The topological polar surface area (TPSA) is 12.9 Å². The van der Waals surface area contributed by atoms with E-state index in [0.29, 0.717) is 10.0 Å². The van der Waals surface area contributed by atoms with Gasteiger partial charge in [-0.3, -0.25) is 0 Å². The Morgan fingerprint density at radius 3 is 2.79 bits per heavy atom. The van der Waals surface area contributed by atoms with Gasteiger partial charge < -0.3 is 0 Å². The Labute approximate surface area is 96.3 Å². The van der Waals surface area contributed by atoms with Gasteiger partial charge >= 0.3 is 0 Å². The Hall–Kier alpha value is -0.570. The minimum absolute atomic E-state index is 0.584. The molecular formula is C10H6Cl2NS. The molecular weight excluding hydrogens is 237 g/mol. The summed E-state index contributed by atoms with van der Waals surface area (Å²) in [4.78, 5) is 4.08. The Morgan fingerprint density at radius 2 is 2.14 bits per heavy atom. The second kappa shape index (κ2) is 4.30. The molecule has 0 N–H and O–H groups in total. The van der Waals surface area contributed by atoms with Crippen molar-refractivity contribution < 1.29 is 0 Å². The highest BCUT2D eigenvalue weighted by atomic mass is 35.5. The van der Waals surface area contributed by atoms with Crippen molar-refractivity contribution in [2.24, 2.45) is 0 Å². The minimum atomic E-state index is 0.584. The number of thiazole rings is 1. The summed E-state index contributed by atoms with van der Waals surface area (Å²) in [6.45, 7) is 0. The first-order valence-electron chi connectivity index (χ1n) is 4.00. The number of hydrogen-bond acceptors (Lipinski definition) is 2. The third kappa shape index (κ3) is 2.27. The van der Waals surface area contributed by atoms with Crippen molar-refractivity contribution in [3.8, 4) is 0 Å². The van der Waals surface area contributed by atoms with E-state index in [1.807, 2.05) is 17.5 Å². The van der Waals surface area contributed by atoms with E-state index in [1.165, 1.54) is 0 Å². The third-order valence-electron chi connectivity index (χ3n) is 1.78. The van der Waals surface area contributed by atoms with E-state index in [-0.39, 0.29) is 0 Å². The molecule has 1 heterocycles. The minimum Gasteiger partial charge on any atom is -0.239 e. The molecule has 4 heteroatoms. The average molecular weight is 243 g/mol. The largest absolute Gasteiger partial charge is 0.239 e. The molecule has 0 bridgehead atoms. The number of aromatic nitrogens is 1. The molecule has 2 aromatic rings. The normalized spacial score (nSPS) is 10.4. The van der Waals surface area contributed by atoms with Crippen molar-refractivity contribution in [2.75, 3.05) is 0 Å². The molecule has 0 saturated carbocycles. The fourth-order valence-electron chi connectivity index (χ4n) is 1.12. The average Bonchev–Trinajstić information content (AvgIpc) is 2.64. The van der Waals surface area contributed by atoms with Crippen LogP contribution in [0.3, 0.4) is 0 Å². The van der Waals surface area contributed by atoms with Crippen LogP contribution in [-0.2, 0) is 6.42 Å². The van der Waals surface area contributed by atoms with E-state index in [4.69, 9.17) is 23.2 Å². The van der Waals surface area contributed by atoms with Gasteiger partial charge in [-0.25, -0.2) is 4.98 Å². The monoisotopic (exact) mass is 242 g/mol. The van der Waals surface area contributed by atoms with E-state index in [0.717, 1.165) is 17.0 Å². The lowest BCUT2D eigenvalue weighted by Crippen LogP contribution is -1.86. The molecule has 1 nitrogen and oxygen atoms in total. The van der Waals surface area contributed by atoms with Gasteiger partial charge in [0.2, 0.25) is 0 Å². The van der Waals surface area contributed by atoms with Crippen LogP contribution < -0.4 is 0 Å². The lowest BCUT2D eigenvalue weighted by molar-refractivity contribution is 1.13. The number of rotatable bonds is 2. The van der Waals surface area contributed by atoms with E-state index in [9.17, 15) is 0 Å². The first kappa shape index (κ1) is 9.97. The first-order chi connectivity index (χ1) is 6.75. The summed E-state index contributed by atoms with van der Waals surface area (Å²) < 4.78 is 0. The zero-order valence-corrected chi connectivity index (χ0v) is 9.46. The highest BCUT2D eigenvalue weighted by Crippen LogP contribution is 2.24. The van der Waals surface area contributed by atoms with Crippen molar-refractivity contribution >= 4 is 34.5 Å². The molecule has 71 valence electrons. The molecule has 1 aromatic carbocycles. The van der Waals surface area contributed by atoms with Crippen molar-refractivity contribution in [1.29, 1.82) is 0 Å². The third-order valence-corrected chi connectivity index (χ3v) is 3.25. The molecule has 0 spiro atoms. The molecule has 2 rings (SSSR count). The second-order valence-corrected chi connectivity index (χ2v) is 4.55. The van der Waals surface area contributed by atoms with E-state index < -0.39 is 0 Å². The Kier molecular flexibility index (Phi) is 3.06. The highest BCUT2D eigenvalue weighted by molar-refractivity contribution is 7.09. The molecule has 1 aromatic heterocycles. The molecule has 0 aliphatic carbocycles. The summed E-state index contributed by atoms with van der Waals surface area (Å²) in [5.74, 6) is 0. The van der Waals surface area contributed by atoms with Crippen molar-refractivity contribution in [1.82, 2.24) is 4.98 Å². The molecule has 0 aliphatic heterocycles. The lowest BCUT2D eigenvalue weighted by atomic mass is 10.2. The zero-order valence-electron chi connectivity index (χ0n) is 7.13. The number of hydrogen-bond donors (Lipinski definition) is 0. The van der Waals surface area contributed by atoms with Crippen LogP contribution in [0.4, 0.5) is 0 Å². The summed E-state index contributed by atoms with van der Waals surface area (Å²) in [5.41, 5.74) is 1.11. The van der Waals surface area contributed by atoms with Crippen LogP contribution >= 0.6 is 34.5 Å². The maximum Gasteiger partial charge on any atom is 0.101 e. The van der Waals surface area contributed by atoms with Gasteiger partial charge in [-0.1, -0.05) is 29.3 Å². The zero-order chi connectivity index (χ0) is 9.97. The summed E-state index contributed by atoms with van der Waals surface area (Å²) in [7, 11) is 0. The van der Waals surface area contributed by atoms with Crippen LogP contribution in [0.15, 0.2) is 23.6 Å². The van der Waals surface area contributed by atoms with Gasteiger partial charge in [0, 0.05) is 11.8 Å². The van der Waals surface area contributed by atoms with Crippen molar-refractivity contribution in [3.63, 3.8) is 0 Å². The van der Waals surface area contributed by atoms with Gasteiger partial charge in [-0.15, -0.1) is 11.3 Å². The standard InChI is InChI=1S/C10H6Cl2NS/c11-8-2-1-7(5-9(8)12)6-10-13-3-4-14-10/h1-2,4-5H,6H2. The highest BCUT2D eigenvalue weighted by Gasteiger charge is 2.02. The summed E-state index contributed by atoms with van der Waals surface area (Å²) in [6.07, 6.45) is 3.57. The molecule has 0 atom stereocenters. The van der Waals surface area contributed by atoms with Crippen molar-refractivity contribution in [3.05, 3.63) is 50.4 Å². The van der Waals surface area contributed by atoms with Gasteiger partial charge in [-0.05, 0) is 17.7 Å². The molecule has 0 aliphatic rings. The van der Waals surface area contributed by atoms with Gasteiger partial charge in [-0.2, -0.15) is 0 Å². The second-order valence-electron chi connectivity index (χ2n) is 2.80. The van der Waals surface area contributed by atoms with Crippen LogP contribution in [0, 0.1) is 6.20 Å². The maximum absolute atomic E-state index is 5.90. The Bertz CT molecular complexity index is 426. The smallest absolute Gasteiger partial charge is 0.101 e. The van der Waals surface area contributed by atoms with E-state index in [2.05, 4.69) is 11.2 Å². The predicted molar refractivity (Wildman–Crippen MR) is 60.2 cm³/mol. The van der Waals surface area contributed by atoms with Gasteiger partial charge in [0.15, 0.2) is 0 Å². The number of benzene rings is 1. The molecule has 14 heavy (non-hydrogen) atoms. The molecule has 0 unspecified atom stereocenters. The molecule has 0 saturated heterocycles. The molecule has 1 radical (unpaired) electrons. The number of halogens is 2. The Balaban J connectivity index is 2.22. The summed E-state index contributed by atoms with van der Waals surface area (Å²) >= 11 is 13.3. The lowest BCUT2D eigenvalue weighted by Gasteiger charge is -2.00. The molecule has 0 amide bonds. The fourth-order valence-corrected chi connectivity index (χ4v) is 2.04. The maximum atomic E-state index is 5.90. The van der Waals surface area contributed by atoms with Crippen LogP contribution in [0.1, 0.15) is 10.6 Å².